The first-order chi connectivity index (χ1) is 15.4. The highest BCUT2D eigenvalue weighted by atomic mass is 16.6. The molecule has 1 aromatic carbocycles. The largest absolute Gasteiger partial charge is 0.493 e. The molecular formula is C27H35NO4. The first-order valence-electron chi connectivity index (χ1n) is 11.7. The minimum Gasteiger partial charge on any atom is -0.493 e. The van der Waals surface area contributed by atoms with Crippen molar-refractivity contribution in [2.75, 3.05) is 19.7 Å². The third kappa shape index (κ3) is 4.93. The molecular weight excluding hydrogens is 402 g/mol. The van der Waals surface area contributed by atoms with Crippen LogP contribution in [-0.2, 0) is 26.4 Å². The summed E-state index contributed by atoms with van der Waals surface area (Å²) in [6.45, 7) is 7.00. The van der Waals surface area contributed by atoms with Crippen LogP contribution in [0.1, 0.15) is 57.1 Å². The minimum absolute atomic E-state index is 0.235. The number of carboxylic acid groups (broad SMARTS) is 1. The maximum atomic E-state index is 11.6. The van der Waals surface area contributed by atoms with Crippen LogP contribution >= 0.6 is 0 Å². The van der Waals surface area contributed by atoms with Crippen molar-refractivity contribution in [3.8, 4) is 0 Å². The fourth-order valence-corrected chi connectivity index (χ4v) is 5.09. The summed E-state index contributed by atoms with van der Waals surface area (Å²) >= 11 is 0. The van der Waals surface area contributed by atoms with E-state index in [9.17, 15) is 9.90 Å². The zero-order chi connectivity index (χ0) is 22.6. The predicted molar refractivity (Wildman–Crippen MR) is 125 cm³/mol. The molecule has 1 unspecified atom stereocenters. The molecule has 0 aromatic heterocycles. The molecule has 1 aliphatic carbocycles. The maximum Gasteiger partial charge on any atom is 0.309 e. The summed E-state index contributed by atoms with van der Waals surface area (Å²) in [6, 6.07) is 8.75. The van der Waals surface area contributed by atoms with Crippen molar-refractivity contribution in [1.82, 2.24) is 4.90 Å². The maximum absolute atomic E-state index is 11.6. The van der Waals surface area contributed by atoms with E-state index in [0.29, 0.717) is 6.61 Å². The second-order valence-corrected chi connectivity index (χ2v) is 9.94. The lowest BCUT2D eigenvalue weighted by molar-refractivity contribution is -0.151. The summed E-state index contributed by atoms with van der Waals surface area (Å²) in [5, 5.41) is 9.51. The van der Waals surface area contributed by atoms with Crippen LogP contribution in [-0.4, -0.2) is 35.7 Å². The molecule has 4 rings (SSSR count). The van der Waals surface area contributed by atoms with Gasteiger partial charge >= 0.3 is 5.97 Å². The number of ether oxygens (including phenoxy) is 2. The van der Waals surface area contributed by atoms with Crippen LogP contribution in [0.2, 0.25) is 0 Å². The first kappa shape index (κ1) is 22.7. The third-order valence-corrected chi connectivity index (χ3v) is 7.42. The van der Waals surface area contributed by atoms with E-state index in [2.05, 4.69) is 47.4 Å². The highest BCUT2D eigenvalue weighted by Crippen LogP contribution is 2.38. The van der Waals surface area contributed by atoms with Gasteiger partial charge in [-0.1, -0.05) is 48.1 Å². The van der Waals surface area contributed by atoms with E-state index in [1.54, 1.807) is 12.5 Å². The van der Waals surface area contributed by atoms with Gasteiger partial charge in [-0.2, -0.15) is 0 Å². The Hall–Kier alpha value is -2.53. The van der Waals surface area contributed by atoms with Gasteiger partial charge < -0.3 is 14.6 Å². The van der Waals surface area contributed by atoms with Crippen LogP contribution in [0.15, 0.2) is 60.6 Å². The molecule has 5 heteroatoms. The number of benzene rings is 1. The normalized spacial score (nSPS) is 24.5. The second kappa shape index (κ2) is 9.53. The Balaban J connectivity index is 1.40. The van der Waals surface area contributed by atoms with Crippen LogP contribution in [0.25, 0.3) is 0 Å². The van der Waals surface area contributed by atoms with Crippen LogP contribution in [0.3, 0.4) is 0 Å². The van der Waals surface area contributed by atoms with Crippen LogP contribution in [0, 0.1) is 11.3 Å². The molecule has 1 atom stereocenters. The van der Waals surface area contributed by atoms with Crippen molar-refractivity contribution in [3.05, 3.63) is 71.7 Å². The fraction of sp³-hybridized carbons (Fsp3) is 0.519. The monoisotopic (exact) mass is 437 g/mol. The molecule has 0 radical (unpaired) electrons. The summed E-state index contributed by atoms with van der Waals surface area (Å²) in [5.41, 5.74) is 2.67. The summed E-state index contributed by atoms with van der Waals surface area (Å²) in [4.78, 5) is 14.0. The molecule has 0 amide bonds. The number of hydrogen-bond donors (Lipinski definition) is 1. The summed E-state index contributed by atoms with van der Waals surface area (Å²) in [6.07, 6.45) is 14.7. The number of nitrogens with zero attached hydrogens (tertiary/aromatic N) is 1. The SMILES string of the molecule is CC(C)(C(=O)O)C1CCN(Cc2ccc(C3(CC4=CC=CCC4)COC=CO3)cc2)CC1. The van der Waals surface area contributed by atoms with Crippen molar-refractivity contribution in [2.45, 2.75) is 58.1 Å². The molecule has 2 heterocycles. The molecule has 172 valence electrons. The molecule has 3 aliphatic rings. The van der Waals surface area contributed by atoms with Crippen LogP contribution < -0.4 is 0 Å². The van der Waals surface area contributed by atoms with Gasteiger partial charge in [0.05, 0.1) is 5.41 Å². The van der Waals surface area contributed by atoms with Gasteiger partial charge in [0.2, 0.25) is 0 Å². The highest BCUT2D eigenvalue weighted by molar-refractivity contribution is 5.74. The number of likely N-dealkylation sites (tertiary alicyclic amines) is 1. The van der Waals surface area contributed by atoms with Gasteiger partial charge in [0.25, 0.3) is 0 Å². The second-order valence-electron chi connectivity index (χ2n) is 9.94. The standard InChI is InChI=1S/C27H35NO4/c1-26(2,25(29)30)23-12-14-28(15-13-23)19-22-8-10-24(11-9-22)27(20-31-16-17-32-27)18-21-6-4-3-5-7-21/h3-4,6,8-11,16-17,23H,5,7,12-15,18-20H2,1-2H3,(H,29,30). The Bertz CT molecular complexity index is 891. The molecule has 5 nitrogen and oxygen atoms in total. The topological polar surface area (TPSA) is 59.0 Å². The van der Waals surface area contributed by atoms with Gasteiger partial charge in [0.1, 0.15) is 19.1 Å². The number of hydrogen-bond acceptors (Lipinski definition) is 4. The number of carboxylic acids is 1. The lowest BCUT2D eigenvalue weighted by Gasteiger charge is -2.38. The van der Waals surface area contributed by atoms with Crippen molar-refractivity contribution in [3.63, 3.8) is 0 Å². The molecule has 0 bridgehead atoms. The first-order valence-corrected chi connectivity index (χ1v) is 11.7. The minimum atomic E-state index is -0.691. The molecule has 1 N–H and O–H groups in total. The fourth-order valence-electron chi connectivity index (χ4n) is 5.09. The number of carbonyl (C=O) groups is 1. The number of allylic oxidation sites excluding steroid dienone is 3. The van der Waals surface area contributed by atoms with Crippen molar-refractivity contribution < 1.29 is 19.4 Å². The summed E-state index contributed by atoms with van der Waals surface area (Å²) in [7, 11) is 0. The van der Waals surface area contributed by atoms with Gasteiger partial charge in [-0.3, -0.25) is 9.69 Å². The highest BCUT2D eigenvalue weighted by Gasteiger charge is 2.39. The zero-order valence-electron chi connectivity index (χ0n) is 19.3. The van der Waals surface area contributed by atoms with Gasteiger partial charge in [0.15, 0.2) is 5.60 Å². The number of piperidine rings is 1. The van der Waals surface area contributed by atoms with E-state index in [0.717, 1.165) is 57.3 Å². The van der Waals surface area contributed by atoms with E-state index in [-0.39, 0.29) is 5.92 Å². The zero-order valence-corrected chi connectivity index (χ0v) is 19.3. The number of rotatable bonds is 7. The van der Waals surface area contributed by atoms with E-state index in [4.69, 9.17) is 9.47 Å². The van der Waals surface area contributed by atoms with Crippen molar-refractivity contribution in [1.29, 1.82) is 0 Å². The van der Waals surface area contributed by atoms with Crippen LogP contribution in [0.4, 0.5) is 0 Å². The molecule has 2 aliphatic heterocycles. The quantitative estimate of drug-likeness (QED) is 0.620. The van der Waals surface area contributed by atoms with E-state index < -0.39 is 17.0 Å². The molecule has 0 spiro atoms. The van der Waals surface area contributed by atoms with Crippen LogP contribution in [0.5, 0.6) is 0 Å². The lowest BCUT2D eigenvalue weighted by atomic mass is 9.73. The molecule has 1 saturated heterocycles. The van der Waals surface area contributed by atoms with Gasteiger partial charge in [-0.05, 0) is 69.7 Å². The number of aliphatic carboxylic acids is 1. The summed E-state index contributed by atoms with van der Waals surface area (Å²) in [5.74, 6) is -0.455. The van der Waals surface area contributed by atoms with Gasteiger partial charge in [-0.25, -0.2) is 0 Å². The summed E-state index contributed by atoms with van der Waals surface area (Å²) < 4.78 is 11.9. The smallest absolute Gasteiger partial charge is 0.309 e. The van der Waals surface area contributed by atoms with E-state index in [1.165, 1.54) is 11.1 Å². The molecule has 32 heavy (non-hydrogen) atoms. The van der Waals surface area contributed by atoms with Gasteiger partial charge in [0, 0.05) is 13.0 Å². The molecule has 0 saturated carbocycles. The molecule has 1 fully saturated rings. The Morgan fingerprint density at radius 2 is 1.94 bits per heavy atom. The van der Waals surface area contributed by atoms with Crippen molar-refractivity contribution in [2.24, 2.45) is 11.3 Å². The Labute approximate surface area is 191 Å². The average Bonchev–Trinajstić information content (AvgIpc) is 2.81. The average molecular weight is 438 g/mol. The Morgan fingerprint density at radius 3 is 2.53 bits per heavy atom. The van der Waals surface area contributed by atoms with E-state index >= 15 is 0 Å². The lowest BCUT2D eigenvalue weighted by Crippen LogP contribution is -2.41. The predicted octanol–water partition coefficient (Wildman–Crippen LogP) is 5.39. The molecule has 1 aromatic rings. The van der Waals surface area contributed by atoms with Crippen molar-refractivity contribution >= 4 is 5.97 Å². The van der Waals surface area contributed by atoms with E-state index in [1.807, 2.05) is 13.8 Å². The Morgan fingerprint density at radius 1 is 1.19 bits per heavy atom. The third-order valence-electron chi connectivity index (χ3n) is 7.42. The van der Waals surface area contributed by atoms with Gasteiger partial charge in [-0.15, -0.1) is 0 Å². The Kier molecular flexibility index (Phi) is 6.75.